The Hall–Kier alpha value is -1.46. The second kappa shape index (κ2) is 9.63. The quantitative estimate of drug-likeness (QED) is 0.822. The first kappa shape index (κ1) is 21.5. The van der Waals surface area contributed by atoms with Gasteiger partial charge in [0.1, 0.15) is 11.6 Å². The van der Waals surface area contributed by atoms with Gasteiger partial charge >= 0.3 is 12.1 Å². The molecule has 0 aliphatic heterocycles. The van der Waals surface area contributed by atoms with Crippen molar-refractivity contribution in [2.24, 2.45) is 0 Å². The molecular formula is C16H23Cl2NO4. The second-order valence-electron chi connectivity index (χ2n) is 5.49. The van der Waals surface area contributed by atoms with E-state index in [2.05, 4.69) is 5.32 Å². The minimum Gasteiger partial charge on any atom is -0.480 e. The number of hydrogen-bond acceptors (Lipinski definition) is 3. The van der Waals surface area contributed by atoms with Crippen LogP contribution in [0, 0.1) is 0 Å². The molecule has 0 aromatic heterocycles. The largest absolute Gasteiger partial charge is 0.480 e. The smallest absolute Gasteiger partial charge is 0.408 e. The normalized spacial score (nSPS) is 11.8. The van der Waals surface area contributed by atoms with Crippen LogP contribution < -0.4 is 5.32 Å². The fourth-order valence-corrected chi connectivity index (χ4v) is 1.87. The summed E-state index contributed by atoms with van der Waals surface area (Å²) in [6, 6.07) is 3.68. The fourth-order valence-electron chi connectivity index (χ4n) is 1.55. The van der Waals surface area contributed by atoms with E-state index in [9.17, 15) is 14.7 Å². The van der Waals surface area contributed by atoms with Crippen LogP contribution in [0.25, 0.3) is 0 Å². The molecule has 0 heterocycles. The Balaban J connectivity index is 0.00000232. The van der Waals surface area contributed by atoms with Crippen LogP contribution in [-0.4, -0.2) is 28.8 Å². The van der Waals surface area contributed by atoms with Crippen molar-refractivity contribution in [3.8, 4) is 0 Å². The molecule has 1 aromatic rings. The maximum atomic E-state index is 11.6. The average Bonchev–Trinajstić information content (AvgIpc) is 2.42. The molecule has 0 fully saturated rings. The van der Waals surface area contributed by atoms with Crippen molar-refractivity contribution < 1.29 is 19.4 Å². The number of carbonyl (C=O) groups is 2. The molecule has 1 amide bonds. The van der Waals surface area contributed by atoms with E-state index in [-0.39, 0.29) is 6.42 Å². The standard InChI is InChI=1S/C14H17Cl2NO4.C2H6/c1-14(2,3)21-13(20)17-11(12(18)19)7-8-4-5-9(15)10(16)6-8;1-2/h4-6,11H,7H2,1-3H3,(H,17,20)(H,18,19);1-2H3. The minimum atomic E-state index is -1.16. The third kappa shape index (κ3) is 8.67. The van der Waals surface area contributed by atoms with E-state index in [1.54, 1.807) is 39.0 Å². The Labute approximate surface area is 146 Å². The monoisotopic (exact) mass is 363 g/mol. The van der Waals surface area contributed by atoms with Gasteiger partial charge in [0.25, 0.3) is 0 Å². The van der Waals surface area contributed by atoms with Crippen LogP contribution in [0.2, 0.25) is 10.0 Å². The van der Waals surface area contributed by atoms with Gasteiger partial charge in [-0.25, -0.2) is 9.59 Å². The van der Waals surface area contributed by atoms with E-state index in [0.717, 1.165) is 0 Å². The number of aliphatic carboxylic acids is 1. The number of hydrogen-bond donors (Lipinski definition) is 2. The third-order valence-corrected chi connectivity index (χ3v) is 3.15. The summed E-state index contributed by atoms with van der Waals surface area (Å²) in [6.45, 7) is 9.09. The van der Waals surface area contributed by atoms with E-state index >= 15 is 0 Å². The Kier molecular flexibility index (Phi) is 9.02. The van der Waals surface area contributed by atoms with Crippen molar-refractivity contribution >= 4 is 35.3 Å². The molecule has 0 aliphatic rings. The number of ether oxygens (including phenoxy) is 1. The van der Waals surface area contributed by atoms with E-state index in [0.29, 0.717) is 15.6 Å². The zero-order chi connectivity index (χ0) is 18.2. The zero-order valence-electron chi connectivity index (χ0n) is 13.9. The molecule has 0 saturated heterocycles. The predicted molar refractivity (Wildman–Crippen MR) is 92.3 cm³/mol. The van der Waals surface area contributed by atoms with Gasteiger partial charge in [-0.1, -0.05) is 43.1 Å². The molecule has 1 atom stereocenters. The number of carboxylic acid groups (broad SMARTS) is 1. The number of benzene rings is 1. The summed E-state index contributed by atoms with van der Waals surface area (Å²) in [4.78, 5) is 22.9. The summed E-state index contributed by atoms with van der Waals surface area (Å²) in [5.41, 5.74) is -0.0515. The van der Waals surface area contributed by atoms with Crippen LogP contribution in [0.1, 0.15) is 40.2 Å². The zero-order valence-corrected chi connectivity index (χ0v) is 15.5. The van der Waals surface area contributed by atoms with Crippen LogP contribution >= 0.6 is 23.2 Å². The molecule has 130 valence electrons. The summed E-state index contributed by atoms with van der Waals surface area (Å²) in [6.07, 6.45) is -0.708. The molecule has 23 heavy (non-hydrogen) atoms. The third-order valence-electron chi connectivity index (χ3n) is 2.41. The first-order valence-electron chi connectivity index (χ1n) is 7.25. The number of rotatable bonds is 4. The highest BCUT2D eigenvalue weighted by Gasteiger charge is 2.24. The van der Waals surface area contributed by atoms with E-state index in [1.807, 2.05) is 13.8 Å². The van der Waals surface area contributed by atoms with Gasteiger partial charge in [-0.15, -0.1) is 0 Å². The van der Waals surface area contributed by atoms with Crippen LogP contribution in [0.3, 0.4) is 0 Å². The SMILES string of the molecule is CC.CC(C)(C)OC(=O)NC(Cc1ccc(Cl)c(Cl)c1)C(=O)O. The van der Waals surface area contributed by atoms with Gasteiger partial charge in [0.05, 0.1) is 10.0 Å². The summed E-state index contributed by atoms with van der Waals surface area (Å²) in [7, 11) is 0. The maximum absolute atomic E-state index is 11.6. The summed E-state index contributed by atoms with van der Waals surface area (Å²) < 4.78 is 5.04. The molecule has 2 N–H and O–H groups in total. The van der Waals surface area contributed by atoms with Gasteiger partial charge in [-0.2, -0.15) is 0 Å². The van der Waals surface area contributed by atoms with Crippen molar-refractivity contribution in [2.75, 3.05) is 0 Å². The number of carbonyl (C=O) groups excluding carboxylic acids is 1. The van der Waals surface area contributed by atoms with Gasteiger partial charge in [-0.3, -0.25) is 0 Å². The van der Waals surface area contributed by atoms with Crippen LogP contribution in [-0.2, 0) is 16.0 Å². The molecule has 7 heteroatoms. The number of halogens is 2. The highest BCUT2D eigenvalue weighted by molar-refractivity contribution is 6.42. The number of alkyl carbamates (subject to hydrolysis) is 1. The minimum absolute atomic E-state index is 0.0749. The highest BCUT2D eigenvalue weighted by atomic mass is 35.5. The maximum Gasteiger partial charge on any atom is 0.408 e. The van der Waals surface area contributed by atoms with Gasteiger partial charge in [0.15, 0.2) is 0 Å². The van der Waals surface area contributed by atoms with Crippen molar-refractivity contribution in [2.45, 2.75) is 52.7 Å². The summed E-state index contributed by atoms with van der Waals surface area (Å²) >= 11 is 11.7. The Morgan fingerprint density at radius 2 is 1.78 bits per heavy atom. The predicted octanol–water partition coefficient (Wildman–Crippen LogP) is 4.54. The Morgan fingerprint density at radius 3 is 2.22 bits per heavy atom. The number of amides is 1. The van der Waals surface area contributed by atoms with E-state index in [4.69, 9.17) is 27.9 Å². The Bertz CT molecular complexity index is 541. The van der Waals surface area contributed by atoms with E-state index in [1.165, 1.54) is 0 Å². The molecule has 0 spiro atoms. The molecule has 5 nitrogen and oxygen atoms in total. The molecule has 0 bridgehead atoms. The molecule has 0 saturated carbocycles. The van der Waals surface area contributed by atoms with Crippen molar-refractivity contribution in [1.29, 1.82) is 0 Å². The lowest BCUT2D eigenvalue weighted by molar-refractivity contribution is -0.139. The van der Waals surface area contributed by atoms with Gasteiger partial charge in [0, 0.05) is 6.42 Å². The van der Waals surface area contributed by atoms with Crippen molar-refractivity contribution in [3.63, 3.8) is 0 Å². The van der Waals surface area contributed by atoms with Crippen LogP contribution in [0.5, 0.6) is 0 Å². The molecule has 1 aromatic carbocycles. The Morgan fingerprint density at radius 1 is 1.22 bits per heavy atom. The lowest BCUT2D eigenvalue weighted by Crippen LogP contribution is -2.44. The highest BCUT2D eigenvalue weighted by Crippen LogP contribution is 2.23. The number of carboxylic acids is 1. The molecule has 0 aliphatic carbocycles. The number of nitrogens with one attached hydrogen (secondary N) is 1. The van der Waals surface area contributed by atoms with Crippen LogP contribution in [0.15, 0.2) is 18.2 Å². The van der Waals surface area contributed by atoms with Gasteiger partial charge in [0.2, 0.25) is 0 Å². The average molecular weight is 364 g/mol. The first-order valence-corrected chi connectivity index (χ1v) is 8.00. The lowest BCUT2D eigenvalue weighted by Gasteiger charge is -2.22. The van der Waals surface area contributed by atoms with Gasteiger partial charge < -0.3 is 15.2 Å². The molecule has 0 radical (unpaired) electrons. The molecular weight excluding hydrogens is 341 g/mol. The molecule has 1 rings (SSSR count). The summed E-state index contributed by atoms with van der Waals surface area (Å²) in [5, 5.41) is 12.2. The van der Waals surface area contributed by atoms with E-state index < -0.39 is 23.7 Å². The second-order valence-corrected chi connectivity index (χ2v) is 6.30. The van der Waals surface area contributed by atoms with Crippen LogP contribution in [0.4, 0.5) is 4.79 Å². The first-order chi connectivity index (χ1) is 10.6. The topological polar surface area (TPSA) is 75.6 Å². The lowest BCUT2D eigenvalue weighted by atomic mass is 10.1. The van der Waals surface area contributed by atoms with Crippen molar-refractivity contribution in [1.82, 2.24) is 5.32 Å². The molecule has 1 unspecified atom stereocenters. The van der Waals surface area contributed by atoms with Crippen molar-refractivity contribution in [3.05, 3.63) is 33.8 Å². The fraction of sp³-hybridized carbons (Fsp3) is 0.500. The van der Waals surface area contributed by atoms with Gasteiger partial charge in [-0.05, 0) is 38.5 Å². The summed E-state index contributed by atoms with van der Waals surface area (Å²) in [5.74, 6) is -1.16.